The number of benzene rings is 3. The third-order valence-electron chi connectivity index (χ3n) is 4.90. The van der Waals surface area contributed by atoms with E-state index in [9.17, 15) is 18.0 Å². The van der Waals surface area contributed by atoms with Gasteiger partial charge in [0.15, 0.2) is 0 Å². The van der Waals surface area contributed by atoms with Crippen LogP contribution in [0.5, 0.6) is 0 Å². The predicted molar refractivity (Wildman–Crippen MR) is 126 cm³/mol. The highest BCUT2D eigenvalue weighted by Gasteiger charge is 2.34. The standard InChI is InChI=1S/C24H18BrF3N2OS/c25-16-11-9-15(10-12-16)21-22(18-6-2-4-8-20(18)30-21)32-14-13-29-23(31)17-5-1-3-7-19(17)24(26,27)28/h1-12,30H,13-14H2,(H,29,31). The van der Waals surface area contributed by atoms with Crippen molar-refractivity contribution in [1.29, 1.82) is 0 Å². The number of carbonyl (C=O) groups excluding carboxylic acids is 1. The number of thioether (sulfide) groups is 1. The van der Waals surface area contributed by atoms with E-state index in [2.05, 4.69) is 26.2 Å². The molecule has 164 valence electrons. The van der Waals surface area contributed by atoms with Crippen molar-refractivity contribution in [2.24, 2.45) is 0 Å². The first-order chi connectivity index (χ1) is 15.3. The lowest BCUT2D eigenvalue weighted by Gasteiger charge is -2.12. The molecule has 0 bridgehead atoms. The highest BCUT2D eigenvalue weighted by molar-refractivity contribution is 9.10. The van der Waals surface area contributed by atoms with Gasteiger partial charge in [-0.1, -0.05) is 58.4 Å². The molecule has 0 fully saturated rings. The molecule has 3 aromatic carbocycles. The average Bonchev–Trinajstić information content (AvgIpc) is 3.15. The molecule has 0 unspecified atom stereocenters. The lowest BCUT2D eigenvalue weighted by atomic mass is 10.1. The summed E-state index contributed by atoms with van der Waals surface area (Å²) < 4.78 is 40.5. The predicted octanol–water partition coefficient (Wildman–Crippen LogP) is 7.14. The van der Waals surface area contributed by atoms with Gasteiger partial charge in [-0.3, -0.25) is 4.79 Å². The number of aromatic nitrogens is 1. The van der Waals surface area contributed by atoms with Crippen molar-refractivity contribution < 1.29 is 18.0 Å². The summed E-state index contributed by atoms with van der Waals surface area (Å²) in [6, 6.07) is 20.7. The molecule has 32 heavy (non-hydrogen) atoms. The second kappa shape index (κ2) is 9.42. The van der Waals surface area contributed by atoms with Crippen LogP contribution in [0, 0.1) is 0 Å². The van der Waals surface area contributed by atoms with Crippen LogP contribution < -0.4 is 5.32 Å². The van der Waals surface area contributed by atoms with Gasteiger partial charge in [0.25, 0.3) is 5.91 Å². The molecule has 0 saturated carbocycles. The molecule has 1 heterocycles. The number of alkyl halides is 3. The molecule has 0 aliphatic rings. The van der Waals surface area contributed by atoms with Crippen LogP contribution in [0.15, 0.2) is 82.2 Å². The molecule has 3 nitrogen and oxygen atoms in total. The van der Waals surface area contributed by atoms with Gasteiger partial charge in [-0.05, 0) is 35.9 Å². The molecule has 0 aliphatic carbocycles. The van der Waals surface area contributed by atoms with Crippen molar-refractivity contribution >= 4 is 44.5 Å². The highest BCUT2D eigenvalue weighted by atomic mass is 79.9. The second-order valence-corrected chi connectivity index (χ2v) is 9.05. The van der Waals surface area contributed by atoms with Crippen LogP contribution in [0.2, 0.25) is 0 Å². The van der Waals surface area contributed by atoms with E-state index in [1.165, 1.54) is 18.2 Å². The Hall–Kier alpha value is -2.71. The van der Waals surface area contributed by atoms with Crippen molar-refractivity contribution in [3.63, 3.8) is 0 Å². The Kier molecular flexibility index (Phi) is 6.62. The van der Waals surface area contributed by atoms with Crippen molar-refractivity contribution in [3.05, 3.63) is 88.4 Å². The average molecular weight is 519 g/mol. The molecule has 4 aromatic rings. The van der Waals surface area contributed by atoms with E-state index in [1.54, 1.807) is 11.8 Å². The summed E-state index contributed by atoms with van der Waals surface area (Å²) in [6.07, 6.45) is -4.58. The quantitative estimate of drug-likeness (QED) is 0.210. The molecule has 4 rings (SSSR count). The van der Waals surface area contributed by atoms with Gasteiger partial charge in [-0.25, -0.2) is 0 Å². The molecule has 0 aliphatic heterocycles. The molecule has 1 amide bonds. The number of nitrogens with one attached hydrogen (secondary N) is 2. The van der Waals surface area contributed by atoms with Crippen LogP contribution in [0.4, 0.5) is 13.2 Å². The first-order valence-corrected chi connectivity index (χ1v) is 11.6. The van der Waals surface area contributed by atoms with E-state index in [0.717, 1.165) is 37.6 Å². The van der Waals surface area contributed by atoms with E-state index in [0.29, 0.717) is 5.75 Å². The molecular formula is C24H18BrF3N2OS. The fourth-order valence-electron chi connectivity index (χ4n) is 3.43. The van der Waals surface area contributed by atoms with Crippen LogP contribution >= 0.6 is 27.7 Å². The highest BCUT2D eigenvalue weighted by Crippen LogP contribution is 2.38. The number of rotatable bonds is 6. The zero-order valence-electron chi connectivity index (χ0n) is 16.7. The Labute approximate surface area is 195 Å². The smallest absolute Gasteiger partial charge is 0.354 e. The van der Waals surface area contributed by atoms with Gasteiger partial charge < -0.3 is 10.3 Å². The number of amides is 1. The maximum atomic E-state index is 13.2. The number of hydrogen-bond donors (Lipinski definition) is 2. The van der Waals surface area contributed by atoms with Gasteiger partial charge >= 0.3 is 6.18 Å². The van der Waals surface area contributed by atoms with Crippen LogP contribution in [-0.2, 0) is 6.18 Å². The number of H-pyrrole nitrogens is 1. The van der Waals surface area contributed by atoms with Gasteiger partial charge in [0.05, 0.1) is 16.8 Å². The SMILES string of the molecule is O=C(NCCSc1c(-c2ccc(Br)cc2)[nH]c2ccccc12)c1ccccc1C(F)(F)F. The molecular weight excluding hydrogens is 501 g/mol. The first-order valence-electron chi connectivity index (χ1n) is 9.78. The molecule has 0 radical (unpaired) electrons. The van der Waals surface area contributed by atoms with Gasteiger partial charge in [0.2, 0.25) is 0 Å². The van der Waals surface area contributed by atoms with E-state index >= 15 is 0 Å². The van der Waals surface area contributed by atoms with Crippen molar-refractivity contribution in [2.75, 3.05) is 12.3 Å². The third-order valence-corrected chi connectivity index (χ3v) is 6.55. The van der Waals surface area contributed by atoms with Gasteiger partial charge in [-0.15, -0.1) is 11.8 Å². The van der Waals surface area contributed by atoms with E-state index in [4.69, 9.17) is 0 Å². The van der Waals surface area contributed by atoms with Crippen LogP contribution in [0.25, 0.3) is 22.2 Å². The van der Waals surface area contributed by atoms with Gasteiger partial charge in [0, 0.05) is 32.6 Å². The Bertz CT molecular complexity index is 1250. The van der Waals surface area contributed by atoms with Crippen LogP contribution in [-0.4, -0.2) is 23.2 Å². The zero-order chi connectivity index (χ0) is 22.7. The van der Waals surface area contributed by atoms with Crippen LogP contribution in [0.3, 0.4) is 0 Å². The molecule has 0 saturated heterocycles. The topological polar surface area (TPSA) is 44.9 Å². The number of carbonyl (C=O) groups is 1. The number of hydrogen-bond acceptors (Lipinski definition) is 2. The fraction of sp³-hybridized carbons (Fsp3) is 0.125. The lowest BCUT2D eigenvalue weighted by molar-refractivity contribution is -0.137. The Morgan fingerprint density at radius 3 is 2.41 bits per heavy atom. The molecule has 1 aromatic heterocycles. The number of fused-ring (bicyclic) bond motifs is 1. The molecule has 2 N–H and O–H groups in total. The minimum atomic E-state index is -4.58. The minimum absolute atomic E-state index is 0.231. The Balaban J connectivity index is 1.49. The largest absolute Gasteiger partial charge is 0.417 e. The van der Waals surface area contributed by atoms with Crippen molar-refractivity contribution in [3.8, 4) is 11.3 Å². The summed E-state index contributed by atoms with van der Waals surface area (Å²) in [5.41, 5.74) is 1.69. The monoisotopic (exact) mass is 518 g/mol. The maximum absolute atomic E-state index is 13.2. The summed E-state index contributed by atoms with van der Waals surface area (Å²) >= 11 is 5.00. The first kappa shape index (κ1) is 22.5. The summed E-state index contributed by atoms with van der Waals surface area (Å²) in [5.74, 6) is -0.226. The Morgan fingerprint density at radius 1 is 0.969 bits per heavy atom. The Morgan fingerprint density at radius 2 is 1.66 bits per heavy atom. The summed E-state index contributed by atoms with van der Waals surface area (Å²) in [6.45, 7) is 0.231. The molecule has 8 heteroatoms. The van der Waals surface area contributed by atoms with Gasteiger partial charge in [0.1, 0.15) is 0 Å². The number of para-hydroxylation sites is 1. The third kappa shape index (κ3) is 4.86. The van der Waals surface area contributed by atoms with E-state index in [1.807, 2.05) is 48.5 Å². The summed E-state index contributed by atoms with van der Waals surface area (Å²) in [5, 5.41) is 3.67. The summed E-state index contributed by atoms with van der Waals surface area (Å²) in [7, 11) is 0. The van der Waals surface area contributed by atoms with E-state index in [-0.39, 0.29) is 12.1 Å². The normalized spacial score (nSPS) is 11.6. The molecule has 0 spiro atoms. The van der Waals surface area contributed by atoms with Gasteiger partial charge in [-0.2, -0.15) is 13.2 Å². The van der Waals surface area contributed by atoms with Crippen LogP contribution in [0.1, 0.15) is 15.9 Å². The molecule has 0 atom stereocenters. The second-order valence-electron chi connectivity index (χ2n) is 7.03. The maximum Gasteiger partial charge on any atom is 0.417 e. The minimum Gasteiger partial charge on any atom is -0.354 e. The zero-order valence-corrected chi connectivity index (χ0v) is 19.1. The van der Waals surface area contributed by atoms with E-state index < -0.39 is 17.6 Å². The number of aromatic amines is 1. The van der Waals surface area contributed by atoms with Crippen molar-refractivity contribution in [1.82, 2.24) is 10.3 Å². The van der Waals surface area contributed by atoms with Crippen molar-refractivity contribution in [2.45, 2.75) is 11.1 Å². The summed E-state index contributed by atoms with van der Waals surface area (Å²) in [4.78, 5) is 16.9. The lowest BCUT2D eigenvalue weighted by Crippen LogP contribution is -2.28. The number of halogens is 4. The fourth-order valence-corrected chi connectivity index (χ4v) is 4.75.